The maximum atomic E-state index is 14.1. The number of rotatable bonds is 3. The smallest absolute Gasteiger partial charge is 0.261 e. The molecule has 2 aliphatic heterocycles. The van der Waals surface area contributed by atoms with E-state index in [-0.39, 0.29) is 18.9 Å². The third-order valence-electron chi connectivity index (χ3n) is 4.39. The highest BCUT2D eigenvalue weighted by molar-refractivity contribution is 5.85. The molecule has 22 heavy (non-hydrogen) atoms. The zero-order chi connectivity index (χ0) is 15.8. The molecule has 3 rings (SSSR count). The summed E-state index contributed by atoms with van der Waals surface area (Å²) in [7, 11) is 1.50. The van der Waals surface area contributed by atoms with Crippen LogP contribution in [0.2, 0.25) is 0 Å². The first-order valence-electron chi connectivity index (χ1n) is 7.31. The van der Waals surface area contributed by atoms with Crippen molar-refractivity contribution in [2.24, 2.45) is 5.41 Å². The number of hydrogen-bond acceptors (Lipinski definition) is 4. The second kappa shape index (κ2) is 5.46. The molecule has 3 heterocycles. The van der Waals surface area contributed by atoms with E-state index >= 15 is 0 Å². The van der Waals surface area contributed by atoms with Crippen molar-refractivity contribution in [3.8, 4) is 5.88 Å². The lowest BCUT2D eigenvalue weighted by atomic mass is 9.77. The minimum atomic E-state index is -2.87. The maximum Gasteiger partial charge on any atom is 0.261 e. The number of aromatic nitrogens is 1. The van der Waals surface area contributed by atoms with Gasteiger partial charge in [-0.2, -0.15) is 0 Å². The Morgan fingerprint density at radius 2 is 2.27 bits per heavy atom. The van der Waals surface area contributed by atoms with Crippen LogP contribution in [0, 0.1) is 5.41 Å². The van der Waals surface area contributed by atoms with Crippen LogP contribution in [0.4, 0.5) is 8.78 Å². The Kier molecular flexibility index (Phi) is 3.76. The first-order valence-corrected chi connectivity index (χ1v) is 7.31. The average Bonchev–Trinajstić information content (AvgIpc) is 2.77. The molecule has 1 spiro atoms. The molecule has 5 nitrogen and oxygen atoms in total. The van der Waals surface area contributed by atoms with Crippen LogP contribution in [0.5, 0.6) is 5.88 Å². The van der Waals surface area contributed by atoms with E-state index in [9.17, 15) is 13.6 Å². The topological polar surface area (TPSA) is 54.5 Å². The molecule has 0 saturated carbocycles. The number of amides is 1. The second-order valence-electron chi connectivity index (χ2n) is 6.14. The number of likely N-dealkylation sites (tertiary alicyclic amines) is 1. The van der Waals surface area contributed by atoms with Crippen LogP contribution in [-0.2, 0) is 11.3 Å². The molecule has 0 aliphatic carbocycles. The lowest BCUT2D eigenvalue weighted by Gasteiger charge is -2.42. The van der Waals surface area contributed by atoms with Gasteiger partial charge < -0.3 is 10.1 Å². The zero-order valence-corrected chi connectivity index (χ0v) is 12.4. The number of nitrogens with zero attached hydrogens (tertiary/aromatic N) is 2. The first-order chi connectivity index (χ1) is 10.4. The van der Waals surface area contributed by atoms with Gasteiger partial charge in [0.1, 0.15) is 0 Å². The molecule has 0 bridgehead atoms. The summed E-state index contributed by atoms with van der Waals surface area (Å²) in [6, 6.07) is 3.55. The Morgan fingerprint density at radius 1 is 1.45 bits per heavy atom. The molecule has 1 unspecified atom stereocenters. The summed E-state index contributed by atoms with van der Waals surface area (Å²) < 4.78 is 33.5. The van der Waals surface area contributed by atoms with Gasteiger partial charge in [0.2, 0.25) is 11.8 Å². The van der Waals surface area contributed by atoms with Gasteiger partial charge in [-0.15, -0.1) is 0 Å². The molecule has 1 amide bonds. The van der Waals surface area contributed by atoms with Crippen LogP contribution < -0.4 is 10.1 Å². The number of pyridine rings is 1. The fraction of sp³-hybridized carbons (Fsp3) is 0.600. The molecule has 2 saturated heterocycles. The molecule has 1 aromatic rings. The summed E-state index contributed by atoms with van der Waals surface area (Å²) in [5, 5.41) is 2.69. The van der Waals surface area contributed by atoms with E-state index in [1.807, 2.05) is 0 Å². The minimum absolute atomic E-state index is 0.255. The van der Waals surface area contributed by atoms with Crippen molar-refractivity contribution in [3.63, 3.8) is 0 Å². The monoisotopic (exact) mass is 311 g/mol. The van der Waals surface area contributed by atoms with Gasteiger partial charge in [0, 0.05) is 37.8 Å². The normalized spacial score (nSPS) is 27.9. The Hall–Kier alpha value is -1.76. The quantitative estimate of drug-likeness (QED) is 0.918. The number of halogens is 2. The summed E-state index contributed by atoms with van der Waals surface area (Å²) >= 11 is 0. The summed E-state index contributed by atoms with van der Waals surface area (Å²) in [5.74, 6) is -2.69. The van der Waals surface area contributed by atoms with Crippen molar-refractivity contribution in [1.29, 1.82) is 0 Å². The van der Waals surface area contributed by atoms with Crippen LogP contribution in [0.1, 0.15) is 18.4 Å². The van der Waals surface area contributed by atoms with E-state index in [0.717, 1.165) is 5.56 Å². The van der Waals surface area contributed by atoms with Crippen molar-refractivity contribution in [3.05, 3.63) is 23.9 Å². The number of carbonyl (C=O) groups is 1. The number of nitrogens with one attached hydrogen (secondary N) is 1. The molecule has 2 aliphatic rings. The third kappa shape index (κ3) is 2.77. The van der Waals surface area contributed by atoms with Crippen LogP contribution >= 0.6 is 0 Å². The maximum absolute atomic E-state index is 14.1. The Bertz CT molecular complexity index is 582. The summed E-state index contributed by atoms with van der Waals surface area (Å²) in [6.07, 6.45) is 1.69. The molecule has 0 radical (unpaired) electrons. The van der Waals surface area contributed by atoms with Gasteiger partial charge in [-0.05, 0) is 12.5 Å². The summed E-state index contributed by atoms with van der Waals surface area (Å²) in [4.78, 5) is 17.8. The fourth-order valence-electron chi connectivity index (χ4n) is 3.53. The first kappa shape index (κ1) is 15.1. The molecule has 1 aromatic heterocycles. The number of methoxy groups -OCH3 is 1. The average molecular weight is 311 g/mol. The largest absolute Gasteiger partial charge is 0.481 e. The van der Waals surface area contributed by atoms with Crippen molar-refractivity contribution in [2.75, 3.05) is 26.7 Å². The van der Waals surface area contributed by atoms with E-state index in [1.54, 1.807) is 23.2 Å². The van der Waals surface area contributed by atoms with Crippen LogP contribution in [0.25, 0.3) is 0 Å². The lowest BCUT2D eigenvalue weighted by Crippen LogP contribution is -2.54. The van der Waals surface area contributed by atoms with Gasteiger partial charge in [0.25, 0.3) is 5.92 Å². The molecule has 0 aromatic carbocycles. The van der Waals surface area contributed by atoms with E-state index in [0.29, 0.717) is 31.9 Å². The van der Waals surface area contributed by atoms with E-state index in [2.05, 4.69) is 10.3 Å². The fourth-order valence-corrected chi connectivity index (χ4v) is 3.53. The Labute approximate surface area is 127 Å². The van der Waals surface area contributed by atoms with Gasteiger partial charge in [-0.25, -0.2) is 13.8 Å². The van der Waals surface area contributed by atoms with E-state index in [1.165, 1.54) is 7.11 Å². The molecular formula is C15H19F2N3O2. The van der Waals surface area contributed by atoms with Gasteiger partial charge in [0.15, 0.2) is 0 Å². The highest BCUT2D eigenvalue weighted by Gasteiger charge is 2.54. The summed E-state index contributed by atoms with van der Waals surface area (Å²) in [5.41, 5.74) is -0.228. The number of piperidine rings is 1. The van der Waals surface area contributed by atoms with Crippen molar-refractivity contribution in [1.82, 2.24) is 15.2 Å². The van der Waals surface area contributed by atoms with Crippen LogP contribution in [0.3, 0.4) is 0 Å². The number of hydrogen-bond donors (Lipinski definition) is 1. The van der Waals surface area contributed by atoms with Gasteiger partial charge in [0.05, 0.1) is 19.1 Å². The molecule has 1 N–H and O–H groups in total. The van der Waals surface area contributed by atoms with Gasteiger partial charge in [-0.3, -0.25) is 9.69 Å². The van der Waals surface area contributed by atoms with Gasteiger partial charge in [-0.1, -0.05) is 6.07 Å². The van der Waals surface area contributed by atoms with Crippen molar-refractivity contribution in [2.45, 2.75) is 25.3 Å². The minimum Gasteiger partial charge on any atom is -0.481 e. The molecule has 2 fully saturated rings. The van der Waals surface area contributed by atoms with Crippen molar-refractivity contribution >= 4 is 5.91 Å². The molecule has 1 atom stereocenters. The number of ether oxygens (including phenoxy) is 1. The molecular weight excluding hydrogens is 292 g/mol. The second-order valence-corrected chi connectivity index (χ2v) is 6.14. The number of carbonyl (C=O) groups excluding carboxylic acids is 1. The Morgan fingerprint density at radius 3 is 2.95 bits per heavy atom. The summed E-state index contributed by atoms with van der Waals surface area (Å²) in [6.45, 7) is 0.757. The third-order valence-corrected chi connectivity index (χ3v) is 4.39. The highest BCUT2D eigenvalue weighted by Crippen LogP contribution is 2.43. The lowest BCUT2D eigenvalue weighted by molar-refractivity contribution is -0.149. The van der Waals surface area contributed by atoms with Gasteiger partial charge >= 0.3 is 0 Å². The molecule has 7 heteroatoms. The predicted octanol–water partition coefficient (Wildman–Crippen LogP) is 1.44. The van der Waals surface area contributed by atoms with E-state index in [4.69, 9.17) is 4.74 Å². The number of alkyl halides is 2. The SMILES string of the molecule is COc1ncccc1CN1CC(F)(F)CC2(CCNC2=O)C1. The van der Waals surface area contributed by atoms with E-state index < -0.39 is 11.3 Å². The highest BCUT2D eigenvalue weighted by atomic mass is 19.3. The van der Waals surface area contributed by atoms with Crippen molar-refractivity contribution < 1.29 is 18.3 Å². The predicted molar refractivity (Wildman–Crippen MR) is 75.7 cm³/mol. The molecule has 120 valence electrons. The van der Waals surface area contributed by atoms with Crippen LogP contribution in [0.15, 0.2) is 18.3 Å². The van der Waals surface area contributed by atoms with Crippen LogP contribution in [-0.4, -0.2) is 48.5 Å². The standard InChI is InChI=1S/C15H19F2N3O2/c1-22-12-11(3-2-5-18-12)7-20-9-14(4-6-19-13(14)21)8-15(16,17)10-20/h2-3,5H,4,6-10H2,1H3,(H,19,21). The zero-order valence-electron chi connectivity index (χ0n) is 12.4. The Balaban J connectivity index is 1.83.